The number of aliphatic hydroxyl groups excluding tert-OH is 1. The normalized spacial score (nSPS) is 21.7. The minimum Gasteiger partial charge on any atom is -0.391 e. The molecule has 2 atom stereocenters. The first-order chi connectivity index (χ1) is 9.49. The number of carbonyl (C=O) groups is 1. The van der Waals surface area contributed by atoms with Crippen molar-refractivity contribution >= 4 is 18.3 Å². The summed E-state index contributed by atoms with van der Waals surface area (Å²) in [6.45, 7) is 5.83. The van der Waals surface area contributed by atoms with Gasteiger partial charge in [-0.05, 0) is 12.0 Å². The average Bonchev–Trinajstić information content (AvgIpc) is 2.82. The lowest BCUT2D eigenvalue weighted by atomic mass is 9.84. The largest absolute Gasteiger partial charge is 0.391 e. The van der Waals surface area contributed by atoms with Gasteiger partial charge in [0.15, 0.2) is 0 Å². The number of amides is 1. The van der Waals surface area contributed by atoms with Gasteiger partial charge in [0.25, 0.3) is 0 Å². The van der Waals surface area contributed by atoms with Gasteiger partial charge in [-0.3, -0.25) is 4.79 Å². The highest BCUT2D eigenvalue weighted by Crippen LogP contribution is 2.22. The van der Waals surface area contributed by atoms with Crippen molar-refractivity contribution in [3.05, 3.63) is 35.9 Å². The number of halogens is 1. The molecule has 118 valence electrons. The summed E-state index contributed by atoms with van der Waals surface area (Å²) in [5.74, 6) is 0.159. The third-order valence-corrected chi connectivity index (χ3v) is 3.93. The molecule has 3 N–H and O–H groups in total. The molecule has 1 fully saturated rings. The lowest BCUT2D eigenvalue weighted by Gasteiger charge is -2.25. The summed E-state index contributed by atoms with van der Waals surface area (Å²) in [5.41, 5.74) is 0.716. The second kappa shape index (κ2) is 7.78. The van der Waals surface area contributed by atoms with E-state index in [1.54, 1.807) is 0 Å². The molecular formula is C16H25ClN2O2. The van der Waals surface area contributed by atoms with Crippen LogP contribution < -0.4 is 10.6 Å². The van der Waals surface area contributed by atoms with Crippen molar-refractivity contribution < 1.29 is 9.90 Å². The summed E-state index contributed by atoms with van der Waals surface area (Å²) in [7, 11) is 0. The first-order valence-corrected chi connectivity index (χ1v) is 7.20. The number of carbonyl (C=O) groups excluding carboxylic acids is 1. The van der Waals surface area contributed by atoms with Crippen LogP contribution >= 0.6 is 12.4 Å². The summed E-state index contributed by atoms with van der Waals surface area (Å²) in [5, 5.41) is 15.8. The molecule has 0 saturated carbocycles. The minimum absolute atomic E-state index is 0. The van der Waals surface area contributed by atoms with E-state index in [2.05, 4.69) is 10.6 Å². The van der Waals surface area contributed by atoms with Gasteiger partial charge in [0, 0.05) is 31.0 Å². The second-order valence-electron chi connectivity index (χ2n) is 6.24. The zero-order valence-corrected chi connectivity index (χ0v) is 13.5. The maximum absolute atomic E-state index is 12.3. The Morgan fingerprint density at radius 1 is 1.33 bits per heavy atom. The van der Waals surface area contributed by atoms with Gasteiger partial charge in [0.2, 0.25) is 5.91 Å². The number of hydrogen-bond acceptors (Lipinski definition) is 3. The van der Waals surface area contributed by atoms with Gasteiger partial charge in [-0.2, -0.15) is 0 Å². The Morgan fingerprint density at radius 3 is 2.57 bits per heavy atom. The predicted octanol–water partition coefficient (Wildman–Crippen LogP) is 1.37. The number of benzene rings is 1. The van der Waals surface area contributed by atoms with Crippen molar-refractivity contribution in [2.24, 2.45) is 11.3 Å². The SMILES string of the molecule is CC(C)(Cc1ccccc1)C(=O)NCC1CNCC1O.Cl. The van der Waals surface area contributed by atoms with Crippen LogP contribution in [0.1, 0.15) is 19.4 Å². The third-order valence-electron chi connectivity index (χ3n) is 3.93. The highest BCUT2D eigenvalue weighted by atomic mass is 35.5. The van der Waals surface area contributed by atoms with Crippen LogP contribution in [-0.4, -0.2) is 36.8 Å². The molecule has 21 heavy (non-hydrogen) atoms. The first kappa shape index (κ1) is 18.0. The number of hydrogen-bond donors (Lipinski definition) is 3. The van der Waals surface area contributed by atoms with E-state index in [1.165, 1.54) is 0 Å². The van der Waals surface area contributed by atoms with Crippen LogP contribution in [0.3, 0.4) is 0 Å². The highest BCUT2D eigenvalue weighted by molar-refractivity contribution is 5.85. The maximum atomic E-state index is 12.3. The summed E-state index contributed by atoms with van der Waals surface area (Å²) in [4.78, 5) is 12.3. The van der Waals surface area contributed by atoms with Crippen molar-refractivity contribution in [2.45, 2.75) is 26.4 Å². The molecule has 1 amide bonds. The van der Waals surface area contributed by atoms with Gasteiger partial charge in [0.1, 0.15) is 0 Å². The minimum atomic E-state index is -0.446. The van der Waals surface area contributed by atoms with E-state index >= 15 is 0 Å². The molecule has 5 heteroatoms. The molecule has 0 aliphatic carbocycles. The maximum Gasteiger partial charge on any atom is 0.226 e. The van der Waals surface area contributed by atoms with Crippen molar-refractivity contribution in [1.29, 1.82) is 0 Å². The summed E-state index contributed by atoms with van der Waals surface area (Å²) >= 11 is 0. The zero-order valence-electron chi connectivity index (χ0n) is 12.6. The Hall–Kier alpha value is -1.10. The quantitative estimate of drug-likeness (QED) is 0.769. The van der Waals surface area contributed by atoms with Crippen LogP contribution in [-0.2, 0) is 11.2 Å². The van der Waals surface area contributed by atoms with Gasteiger partial charge < -0.3 is 15.7 Å². The van der Waals surface area contributed by atoms with Gasteiger partial charge in [0.05, 0.1) is 6.10 Å². The summed E-state index contributed by atoms with van der Waals surface area (Å²) in [6, 6.07) is 10.0. The van der Waals surface area contributed by atoms with E-state index < -0.39 is 5.41 Å². The van der Waals surface area contributed by atoms with Gasteiger partial charge in [-0.1, -0.05) is 44.2 Å². The Bertz CT molecular complexity index is 451. The van der Waals surface area contributed by atoms with E-state index in [-0.39, 0.29) is 30.3 Å². The van der Waals surface area contributed by atoms with E-state index in [9.17, 15) is 9.90 Å². The van der Waals surface area contributed by atoms with Crippen LogP contribution in [0.2, 0.25) is 0 Å². The number of β-amino-alcohol motifs (C(OH)–C–C–N with tert-alkyl or cyclic N) is 1. The Balaban J connectivity index is 0.00000220. The molecular weight excluding hydrogens is 288 g/mol. The molecule has 1 aliphatic heterocycles. The van der Waals surface area contributed by atoms with E-state index in [0.717, 1.165) is 12.1 Å². The number of nitrogens with one attached hydrogen (secondary N) is 2. The van der Waals surface area contributed by atoms with E-state index in [1.807, 2.05) is 44.2 Å². The summed E-state index contributed by atoms with van der Waals surface area (Å²) < 4.78 is 0. The standard InChI is InChI=1S/C16H24N2O2.ClH/c1-16(2,8-12-6-4-3-5-7-12)15(20)18-10-13-9-17-11-14(13)19;/h3-7,13-14,17,19H,8-11H2,1-2H3,(H,18,20);1H. The highest BCUT2D eigenvalue weighted by Gasteiger charge is 2.30. The molecule has 1 aromatic rings. The molecule has 1 aliphatic rings. The molecule has 0 bridgehead atoms. The molecule has 2 rings (SSSR count). The average molecular weight is 313 g/mol. The van der Waals surface area contributed by atoms with Crippen LogP contribution in [0.25, 0.3) is 0 Å². The van der Waals surface area contributed by atoms with E-state index in [4.69, 9.17) is 0 Å². The zero-order chi connectivity index (χ0) is 14.6. The fraction of sp³-hybridized carbons (Fsp3) is 0.562. The smallest absolute Gasteiger partial charge is 0.226 e. The fourth-order valence-corrected chi connectivity index (χ4v) is 2.58. The molecule has 1 aromatic carbocycles. The van der Waals surface area contributed by atoms with Crippen molar-refractivity contribution in [2.75, 3.05) is 19.6 Å². The summed E-state index contributed by atoms with van der Waals surface area (Å²) in [6.07, 6.45) is 0.359. The molecule has 0 aromatic heterocycles. The topological polar surface area (TPSA) is 61.4 Å². The number of rotatable bonds is 5. The monoisotopic (exact) mass is 312 g/mol. The number of aliphatic hydroxyl groups is 1. The van der Waals surface area contributed by atoms with Crippen LogP contribution in [0.5, 0.6) is 0 Å². The Morgan fingerprint density at radius 2 is 2.00 bits per heavy atom. The molecule has 0 spiro atoms. The van der Waals surface area contributed by atoms with Crippen molar-refractivity contribution in [1.82, 2.24) is 10.6 Å². The van der Waals surface area contributed by atoms with E-state index in [0.29, 0.717) is 19.5 Å². The predicted molar refractivity (Wildman–Crippen MR) is 86.6 cm³/mol. The molecule has 4 nitrogen and oxygen atoms in total. The first-order valence-electron chi connectivity index (χ1n) is 7.20. The lowest BCUT2D eigenvalue weighted by molar-refractivity contribution is -0.129. The van der Waals surface area contributed by atoms with Crippen molar-refractivity contribution in [3.8, 4) is 0 Å². The van der Waals surface area contributed by atoms with Gasteiger partial charge in [-0.15, -0.1) is 12.4 Å². The molecule has 1 saturated heterocycles. The van der Waals surface area contributed by atoms with Crippen LogP contribution in [0, 0.1) is 11.3 Å². The molecule has 2 unspecified atom stereocenters. The fourth-order valence-electron chi connectivity index (χ4n) is 2.58. The van der Waals surface area contributed by atoms with Crippen LogP contribution in [0.4, 0.5) is 0 Å². The second-order valence-corrected chi connectivity index (χ2v) is 6.24. The van der Waals surface area contributed by atoms with Gasteiger partial charge in [-0.25, -0.2) is 0 Å². The molecule has 0 radical (unpaired) electrons. The Kier molecular flexibility index (Phi) is 6.65. The van der Waals surface area contributed by atoms with Crippen molar-refractivity contribution in [3.63, 3.8) is 0 Å². The Labute approximate surface area is 132 Å². The molecule has 1 heterocycles. The van der Waals surface area contributed by atoms with Gasteiger partial charge >= 0.3 is 0 Å². The lowest BCUT2D eigenvalue weighted by Crippen LogP contribution is -2.42. The third kappa shape index (κ3) is 4.99. The van der Waals surface area contributed by atoms with Crippen LogP contribution in [0.15, 0.2) is 30.3 Å².